The molecule has 0 aliphatic rings. The standard InChI is InChI=1S/C24H21N7OS/c1-17-11-13-18(14-12-17)25-23(32)16-33-24-28-27-22(31(24)19-7-3-2-4-8-19)15-30-21-10-6-5-9-20(21)26-29-30/h2-14H,15-16H2,1H3,(H,25,32). The summed E-state index contributed by atoms with van der Waals surface area (Å²) in [6.07, 6.45) is 0. The number of rotatable bonds is 7. The van der Waals surface area contributed by atoms with Crippen molar-refractivity contribution in [2.24, 2.45) is 0 Å². The third-order valence-electron chi connectivity index (χ3n) is 5.09. The maximum atomic E-state index is 12.5. The molecule has 0 aliphatic carbocycles. The molecule has 0 unspecified atom stereocenters. The molecule has 0 saturated heterocycles. The molecule has 33 heavy (non-hydrogen) atoms. The van der Waals surface area contributed by atoms with Crippen molar-refractivity contribution >= 4 is 34.4 Å². The summed E-state index contributed by atoms with van der Waals surface area (Å²) in [5, 5.41) is 20.9. The van der Waals surface area contributed by atoms with Crippen LogP contribution in [0.5, 0.6) is 0 Å². The van der Waals surface area contributed by atoms with E-state index in [2.05, 4.69) is 25.8 Å². The second-order valence-corrected chi connectivity index (χ2v) is 8.45. The summed E-state index contributed by atoms with van der Waals surface area (Å²) in [6, 6.07) is 25.4. The van der Waals surface area contributed by atoms with Crippen LogP contribution in [-0.2, 0) is 11.3 Å². The predicted molar refractivity (Wildman–Crippen MR) is 129 cm³/mol. The Bertz CT molecular complexity index is 1390. The average Bonchev–Trinajstić information content (AvgIpc) is 3.44. The highest BCUT2D eigenvalue weighted by Gasteiger charge is 2.17. The molecule has 0 fully saturated rings. The lowest BCUT2D eigenvalue weighted by Gasteiger charge is -2.10. The largest absolute Gasteiger partial charge is 0.325 e. The fourth-order valence-corrected chi connectivity index (χ4v) is 4.24. The Morgan fingerprint density at radius 2 is 1.67 bits per heavy atom. The van der Waals surface area contributed by atoms with Gasteiger partial charge in [-0.2, -0.15) is 0 Å². The first-order valence-electron chi connectivity index (χ1n) is 10.4. The van der Waals surface area contributed by atoms with Crippen molar-refractivity contribution in [3.8, 4) is 5.69 Å². The first-order valence-corrected chi connectivity index (χ1v) is 11.4. The number of anilines is 1. The smallest absolute Gasteiger partial charge is 0.234 e. The number of fused-ring (bicyclic) bond motifs is 1. The molecular weight excluding hydrogens is 434 g/mol. The van der Waals surface area contributed by atoms with Crippen LogP contribution in [0.4, 0.5) is 5.69 Å². The van der Waals surface area contributed by atoms with Crippen LogP contribution in [-0.4, -0.2) is 41.4 Å². The van der Waals surface area contributed by atoms with E-state index in [1.54, 1.807) is 4.68 Å². The topological polar surface area (TPSA) is 90.5 Å². The van der Waals surface area contributed by atoms with Gasteiger partial charge in [0.05, 0.1) is 11.3 Å². The van der Waals surface area contributed by atoms with Crippen LogP contribution in [0, 0.1) is 6.92 Å². The van der Waals surface area contributed by atoms with E-state index in [0.29, 0.717) is 17.5 Å². The third kappa shape index (κ3) is 4.63. The Labute approximate surface area is 194 Å². The van der Waals surface area contributed by atoms with Gasteiger partial charge in [0, 0.05) is 11.4 Å². The fraction of sp³-hybridized carbons (Fsp3) is 0.125. The van der Waals surface area contributed by atoms with Crippen LogP contribution >= 0.6 is 11.8 Å². The molecule has 5 aromatic rings. The molecule has 0 radical (unpaired) electrons. The number of aromatic nitrogens is 6. The third-order valence-corrected chi connectivity index (χ3v) is 6.02. The van der Waals surface area contributed by atoms with E-state index in [1.165, 1.54) is 11.8 Å². The summed E-state index contributed by atoms with van der Waals surface area (Å²) < 4.78 is 3.76. The molecule has 0 spiro atoms. The number of amides is 1. The lowest BCUT2D eigenvalue weighted by atomic mass is 10.2. The number of aryl methyl sites for hydroxylation is 1. The van der Waals surface area contributed by atoms with Gasteiger partial charge in [0.1, 0.15) is 12.1 Å². The SMILES string of the molecule is Cc1ccc(NC(=O)CSc2nnc(Cn3nnc4ccccc43)n2-c2ccccc2)cc1. The molecule has 9 heteroatoms. The second kappa shape index (κ2) is 9.25. The van der Waals surface area contributed by atoms with E-state index in [1.807, 2.05) is 90.4 Å². The first kappa shape index (κ1) is 20.9. The Hall–Kier alpha value is -3.98. The van der Waals surface area contributed by atoms with Crippen LogP contribution in [0.25, 0.3) is 16.7 Å². The highest BCUT2D eigenvalue weighted by Crippen LogP contribution is 2.23. The van der Waals surface area contributed by atoms with Crippen molar-refractivity contribution in [1.82, 2.24) is 29.8 Å². The summed E-state index contributed by atoms with van der Waals surface area (Å²) in [5.41, 5.74) is 4.58. The Balaban J connectivity index is 1.39. The molecule has 0 aliphatic heterocycles. The highest BCUT2D eigenvalue weighted by molar-refractivity contribution is 7.99. The second-order valence-electron chi connectivity index (χ2n) is 7.51. The summed E-state index contributed by atoms with van der Waals surface area (Å²) >= 11 is 1.34. The van der Waals surface area contributed by atoms with Gasteiger partial charge >= 0.3 is 0 Å². The predicted octanol–water partition coefficient (Wildman–Crippen LogP) is 4.10. The number of para-hydroxylation sites is 2. The molecular formula is C24H21N7OS. The Kier molecular flexibility index (Phi) is 5.86. The molecule has 5 rings (SSSR count). The van der Waals surface area contributed by atoms with E-state index in [4.69, 9.17) is 0 Å². The van der Waals surface area contributed by atoms with Gasteiger partial charge in [0.2, 0.25) is 5.91 Å². The lowest BCUT2D eigenvalue weighted by Crippen LogP contribution is -2.15. The van der Waals surface area contributed by atoms with Gasteiger partial charge in [-0.05, 0) is 43.3 Å². The van der Waals surface area contributed by atoms with Crippen molar-refractivity contribution in [3.63, 3.8) is 0 Å². The van der Waals surface area contributed by atoms with Crippen LogP contribution in [0.2, 0.25) is 0 Å². The number of nitrogens with zero attached hydrogens (tertiary/aromatic N) is 6. The number of carbonyl (C=O) groups excluding carboxylic acids is 1. The number of hydrogen-bond donors (Lipinski definition) is 1. The van der Waals surface area contributed by atoms with Crippen molar-refractivity contribution in [2.75, 3.05) is 11.1 Å². The van der Waals surface area contributed by atoms with E-state index < -0.39 is 0 Å². The van der Waals surface area contributed by atoms with Crippen LogP contribution < -0.4 is 5.32 Å². The number of benzene rings is 3. The van der Waals surface area contributed by atoms with Crippen molar-refractivity contribution < 1.29 is 4.79 Å². The highest BCUT2D eigenvalue weighted by atomic mass is 32.2. The molecule has 3 aromatic carbocycles. The molecule has 1 N–H and O–H groups in total. The monoisotopic (exact) mass is 455 g/mol. The summed E-state index contributed by atoms with van der Waals surface area (Å²) in [7, 11) is 0. The fourth-order valence-electron chi connectivity index (χ4n) is 3.46. The average molecular weight is 456 g/mol. The van der Waals surface area contributed by atoms with Gasteiger partial charge < -0.3 is 5.32 Å². The number of carbonyl (C=O) groups is 1. The zero-order chi connectivity index (χ0) is 22.6. The number of nitrogens with one attached hydrogen (secondary N) is 1. The normalized spacial score (nSPS) is 11.1. The molecule has 164 valence electrons. The Morgan fingerprint density at radius 1 is 0.909 bits per heavy atom. The quantitative estimate of drug-likeness (QED) is 0.372. The van der Waals surface area contributed by atoms with Gasteiger partial charge in [-0.1, -0.05) is 65.0 Å². The van der Waals surface area contributed by atoms with Crippen LogP contribution in [0.1, 0.15) is 11.4 Å². The molecule has 0 bridgehead atoms. The van der Waals surface area contributed by atoms with Gasteiger partial charge in [0.15, 0.2) is 11.0 Å². The van der Waals surface area contributed by atoms with Crippen molar-refractivity contribution in [2.45, 2.75) is 18.6 Å². The Morgan fingerprint density at radius 3 is 2.48 bits per heavy atom. The summed E-state index contributed by atoms with van der Waals surface area (Å²) in [6.45, 7) is 2.41. The first-order chi connectivity index (χ1) is 16.2. The molecule has 0 atom stereocenters. The molecule has 1 amide bonds. The summed E-state index contributed by atoms with van der Waals surface area (Å²) in [5.74, 6) is 0.819. The number of hydrogen-bond acceptors (Lipinski definition) is 6. The summed E-state index contributed by atoms with van der Waals surface area (Å²) in [4.78, 5) is 12.5. The van der Waals surface area contributed by atoms with Gasteiger partial charge in [-0.15, -0.1) is 15.3 Å². The maximum Gasteiger partial charge on any atom is 0.234 e. The molecule has 8 nitrogen and oxygen atoms in total. The van der Waals surface area contributed by atoms with E-state index in [0.717, 1.165) is 28.0 Å². The minimum atomic E-state index is -0.102. The van der Waals surface area contributed by atoms with E-state index in [9.17, 15) is 4.79 Å². The maximum absolute atomic E-state index is 12.5. The van der Waals surface area contributed by atoms with Crippen molar-refractivity contribution in [1.29, 1.82) is 0 Å². The zero-order valence-electron chi connectivity index (χ0n) is 17.9. The minimum absolute atomic E-state index is 0.102. The van der Waals surface area contributed by atoms with E-state index in [-0.39, 0.29) is 11.7 Å². The van der Waals surface area contributed by atoms with Gasteiger partial charge in [-0.25, -0.2) is 4.68 Å². The molecule has 0 saturated carbocycles. The minimum Gasteiger partial charge on any atom is -0.325 e. The van der Waals surface area contributed by atoms with Gasteiger partial charge in [-0.3, -0.25) is 9.36 Å². The molecule has 2 heterocycles. The van der Waals surface area contributed by atoms with Crippen molar-refractivity contribution in [3.05, 3.63) is 90.3 Å². The van der Waals surface area contributed by atoms with Crippen LogP contribution in [0.3, 0.4) is 0 Å². The number of thioether (sulfide) groups is 1. The van der Waals surface area contributed by atoms with Crippen LogP contribution in [0.15, 0.2) is 84.0 Å². The zero-order valence-corrected chi connectivity index (χ0v) is 18.7. The molecule has 2 aromatic heterocycles. The van der Waals surface area contributed by atoms with Gasteiger partial charge in [0.25, 0.3) is 0 Å². The van der Waals surface area contributed by atoms with E-state index >= 15 is 0 Å². The lowest BCUT2D eigenvalue weighted by molar-refractivity contribution is -0.113.